The van der Waals surface area contributed by atoms with Gasteiger partial charge in [0.25, 0.3) is 0 Å². The molecule has 0 heterocycles. The van der Waals surface area contributed by atoms with Crippen LogP contribution < -0.4 is 5.32 Å². The minimum Gasteiger partial charge on any atom is -0.313 e. The third-order valence-electron chi connectivity index (χ3n) is 2.54. The van der Waals surface area contributed by atoms with Gasteiger partial charge in [0.05, 0.1) is 0 Å². The summed E-state index contributed by atoms with van der Waals surface area (Å²) in [7, 11) is 1.82. The molecular formula is C13H17ClFN. The monoisotopic (exact) mass is 241 g/mol. The summed E-state index contributed by atoms with van der Waals surface area (Å²) in [6.45, 7) is 5.82. The van der Waals surface area contributed by atoms with E-state index < -0.39 is 0 Å². The largest absolute Gasteiger partial charge is 0.313 e. The molecule has 16 heavy (non-hydrogen) atoms. The highest BCUT2D eigenvalue weighted by Gasteiger charge is 2.14. The van der Waals surface area contributed by atoms with Crippen LogP contribution in [0.5, 0.6) is 0 Å². The Morgan fingerprint density at radius 1 is 1.56 bits per heavy atom. The minimum atomic E-state index is -0.217. The molecule has 0 spiro atoms. The molecule has 0 radical (unpaired) electrons. The molecular weight excluding hydrogens is 225 g/mol. The second-order valence-corrected chi connectivity index (χ2v) is 4.44. The highest BCUT2D eigenvalue weighted by atomic mass is 35.5. The van der Waals surface area contributed by atoms with Crippen LogP contribution in [0.15, 0.2) is 30.4 Å². The van der Waals surface area contributed by atoms with Crippen LogP contribution in [-0.2, 0) is 0 Å². The average molecular weight is 242 g/mol. The van der Waals surface area contributed by atoms with E-state index in [-0.39, 0.29) is 11.9 Å². The lowest BCUT2D eigenvalue weighted by Gasteiger charge is -2.17. The van der Waals surface area contributed by atoms with Gasteiger partial charge in [-0.05, 0) is 45.0 Å². The number of nitrogens with one attached hydrogen (secondary N) is 1. The minimum absolute atomic E-state index is 0.0181. The van der Waals surface area contributed by atoms with Crippen molar-refractivity contribution in [2.45, 2.75) is 25.8 Å². The topological polar surface area (TPSA) is 12.0 Å². The lowest BCUT2D eigenvalue weighted by Crippen LogP contribution is -2.17. The van der Waals surface area contributed by atoms with Crippen molar-refractivity contribution in [3.05, 3.63) is 46.8 Å². The van der Waals surface area contributed by atoms with Crippen LogP contribution in [-0.4, -0.2) is 7.05 Å². The Bertz CT molecular complexity index is 376. The molecule has 1 aromatic rings. The predicted octanol–water partition coefficient (Wildman–Crippen LogP) is 4.10. The van der Waals surface area contributed by atoms with Gasteiger partial charge in [-0.15, -0.1) is 6.58 Å². The van der Waals surface area contributed by atoms with E-state index in [1.165, 1.54) is 6.07 Å². The van der Waals surface area contributed by atoms with Crippen molar-refractivity contribution in [3.63, 3.8) is 0 Å². The van der Waals surface area contributed by atoms with Crippen molar-refractivity contribution in [3.8, 4) is 0 Å². The summed E-state index contributed by atoms with van der Waals surface area (Å²) in [6, 6.07) is 4.63. The molecule has 1 N–H and O–H groups in total. The predicted molar refractivity (Wildman–Crippen MR) is 67.3 cm³/mol. The van der Waals surface area contributed by atoms with Crippen molar-refractivity contribution >= 4 is 11.6 Å². The Kier molecular flexibility index (Phi) is 4.97. The number of rotatable bonds is 5. The quantitative estimate of drug-likeness (QED) is 0.766. The van der Waals surface area contributed by atoms with Gasteiger partial charge in [0.1, 0.15) is 5.82 Å². The summed E-state index contributed by atoms with van der Waals surface area (Å²) in [6.07, 6.45) is 1.69. The molecule has 0 saturated heterocycles. The summed E-state index contributed by atoms with van der Waals surface area (Å²) in [4.78, 5) is 0. The van der Waals surface area contributed by atoms with Gasteiger partial charge in [0.2, 0.25) is 0 Å². The fourth-order valence-corrected chi connectivity index (χ4v) is 1.81. The third-order valence-corrected chi connectivity index (χ3v) is 2.78. The first-order valence-electron chi connectivity index (χ1n) is 5.31. The van der Waals surface area contributed by atoms with Crippen molar-refractivity contribution in [1.82, 2.24) is 5.32 Å². The maximum Gasteiger partial charge on any atom is 0.128 e. The highest BCUT2D eigenvalue weighted by Crippen LogP contribution is 2.25. The molecule has 1 nitrogen and oxygen atoms in total. The van der Waals surface area contributed by atoms with Crippen LogP contribution >= 0.6 is 11.6 Å². The molecule has 88 valence electrons. The van der Waals surface area contributed by atoms with E-state index in [0.717, 1.165) is 18.4 Å². The average Bonchev–Trinajstić information content (AvgIpc) is 2.23. The first-order chi connectivity index (χ1) is 7.54. The fourth-order valence-electron chi connectivity index (χ4n) is 1.63. The van der Waals surface area contributed by atoms with Crippen molar-refractivity contribution in [1.29, 1.82) is 0 Å². The van der Waals surface area contributed by atoms with Gasteiger partial charge >= 0.3 is 0 Å². The van der Waals surface area contributed by atoms with Crippen LogP contribution in [0.1, 0.15) is 31.4 Å². The zero-order valence-electron chi connectivity index (χ0n) is 9.69. The van der Waals surface area contributed by atoms with Gasteiger partial charge in [-0.1, -0.05) is 17.2 Å². The normalized spacial score (nSPS) is 12.5. The molecule has 1 rings (SSSR count). The summed E-state index contributed by atoms with van der Waals surface area (Å²) in [5.41, 5.74) is 1.72. The summed E-state index contributed by atoms with van der Waals surface area (Å²) in [5.74, 6) is -0.217. The van der Waals surface area contributed by atoms with Gasteiger partial charge in [-0.25, -0.2) is 4.39 Å². The van der Waals surface area contributed by atoms with E-state index in [9.17, 15) is 4.39 Å². The number of hydrogen-bond donors (Lipinski definition) is 1. The number of benzene rings is 1. The van der Waals surface area contributed by atoms with Gasteiger partial charge in [0.15, 0.2) is 0 Å². The Morgan fingerprint density at radius 3 is 2.81 bits per heavy atom. The van der Waals surface area contributed by atoms with Crippen LogP contribution in [0.4, 0.5) is 4.39 Å². The van der Waals surface area contributed by atoms with Crippen molar-refractivity contribution in [2.75, 3.05) is 7.05 Å². The van der Waals surface area contributed by atoms with Gasteiger partial charge in [-0.2, -0.15) is 0 Å². The maximum atomic E-state index is 13.6. The SMILES string of the molecule is C=C(C)CCC(NC)c1cc(Cl)ccc1F. The molecule has 1 unspecified atom stereocenters. The van der Waals surface area contributed by atoms with Crippen LogP contribution in [0.25, 0.3) is 0 Å². The Morgan fingerprint density at radius 2 is 2.25 bits per heavy atom. The van der Waals surface area contributed by atoms with Crippen LogP contribution in [0, 0.1) is 5.82 Å². The molecule has 0 aliphatic heterocycles. The standard InChI is InChI=1S/C13H17ClFN/c1-9(2)4-7-13(16-3)11-8-10(14)5-6-12(11)15/h5-6,8,13,16H,1,4,7H2,2-3H3. The summed E-state index contributed by atoms with van der Waals surface area (Å²) in [5, 5.41) is 3.66. The van der Waals surface area contributed by atoms with Crippen LogP contribution in [0.3, 0.4) is 0 Å². The fraction of sp³-hybridized carbons (Fsp3) is 0.385. The van der Waals surface area contributed by atoms with Crippen LogP contribution in [0.2, 0.25) is 5.02 Å². The Hall–Kier alpha value is -0.860. The lowest BCUT2D eigenvalue weighted by atomic mass is 9.99. The van der Waals surface area contributed by atoms with E-state index in [4.69, 9.17) is 11.6 Å². The second-order valence-electron chi connectivity index (χ2n) is 4.00. The first-order valence-corrected chi connectivity index (χ1v) is 5.69. The summed E-state index contributed by atoms with van der Waals surface area (Å²) >= 11 is 5.87. The van der Waals surface area contributed by atoms with E-state index in [0.29, 0.717) is 10.6 Å². The third kappa shape index (κ3) is 3.62. The molecule has 0 aliphatic carbocycles. The molecule has 0 fully saturated rings. The van der Waals surface area contributed by atoms with Gasteiger partial charge in [0, 0.05) is 16.6 Å². The van der Waals surface area contributed by atoms with E-state index >= 15 is 0 Å². The lowest BCUT2D eigenvalue weighted by molar-refractivity contribution is 0.508. The number of hydrogen-bond acceptors (Lipinski definition) is 1. The van der Waals surface area contributed by atoms with E-state index in [2.05, 4.69) is 11.9 Å². The number of allylic oxidation sites excluding steroid dienone is 1. The zero-order chi connectivity index (χ0) is 12.1. The molecule has 1 aromatic carbocycles. The molecule has 0 bridgehead atoms. The highest BCUT2D eigenvalue weighted by molar-refractivity contribution is 6.30. The summed E-state index contributed by atoms with van der Waals surface area (Å²) < 4.78 is 13.6. The van der Waals surface area contributed by atoms with Gasteiger partial charge < -0.3 is 5.32 Å². The second kappa shape index (κ2) is 6.02. The molecule has 3 heteroatoms. The number of halogens is 2. The molecule has 0 amide bonds. The maximum absolute atomic E-state index is 13.6. The molecule has 0 saturated carbocycles. The zero-order valence-corrected chi connectivity index (χ0v) is 10.4. The Balaban J connectivity index is 2.85. The van der Waals surface area contributed by atoms with Crippen molar-refractivity contribution in [2.24, 2.45) is 0 Å². The molecule has 0 aromatic heterocycles. The smallest absolute Gasteiger partial charge is 0.128 e. The van der Waals surface area contributed by atoms with Gasteiger partial charge in [-0.3, -0.25) is 0 Å². The van der Waals surface area contributed by atoms with Crippen molar-refractivity contribution < 1.29 is 4.39 Å². The molecule has 1 atom stereocenters. The first kappa shape index (κ1) is 13.2. The Labute approximate surface area is 101 Å². The van der Waals surface area contributed by atoms with E-state index in [1.54, 1.807) is 12.1 Å². The van der Waals surface area contributed by atoms with E-state index in [1.807, 2.05) is 14.0 Å². The molecule has 0 aliphatic rings.